The molecule has 0 aromatic rings. The Morgan fingerprint density at radius 1 is 1.50 bits per heavy atom. The van der Waals surface area contributed by atoms with Crippen molar-refractivity contribution < 1.29 is 19.4 Å². The van der Waals surface area contributed by atoms with E-state index in [9.17, 15) is 9.59 Å². The molecule has 0 bridgehead atoms. The van der Waals surface area contributed by atoms with Crippen LogP contribution < -0.4 is 5.32 Å². The third kappa shape index (κ3) is 7.30. The summed E-state index contributed by atoms with van der Waals surface area (Å²) in [6, 6.07) is -0.616. The van der Waals surface area contributed by atoms with Crippen molar-refractivity contribution in [2.75, 3.05) is 25.2 Å². The minimum Gasteiger partial charge on any atom is -0.467 e. The van der Waals surface area contributed by atoms with Crippen LogP contribution in [0.1, 0.15) is 6.92 Å². The zero-order chi connectivity index (χ0) is 12.4. The van der Waals surface area contributed by atoms with Crippen LogP contribution in [-0.4, -0.2) is 48.2 Å². The van der Waals surface area contributed by atoms with Gasteiger partial charge in [-0.15, -0.1) is 0 Å². The van der Waals surface area contributed by atoms with E-state index >= 15 is 0 Å². The lowest BCUT2D eigenvalue weighted by atomic mass is 10.3. The molecule has 2 N–H and O–H groups in total. The van der Waals surface area contributed by atoms with Gasteiger partial charge in [0.25, 0.3) is 0 Å². The second kappa shape index (κ2) is 9.23. The van der Waals surface area contributed by atoms with Gasteiger partial charge >= 0.3 is 5.97 Å². The molecule has 0 fully saturated rings. The van der Waals surface area contributed by atoms with Crippen LogP contribution in [0.2, 0.25) is 0 Å². The summed E-state index contributed by atoms with van der Waals surface area (Å²) in [5.41, 5.74) is 0. The van der Waals surface area contributed by atoms with E-state index in [4.69, 9.17) is 5.11 Å². The van der Waals surface area contributed by atoms with Crippen molar-refractivity contribution >= 4 is 23.6 Å². The summed E-state index contributed by atoms with van der Waals surface area (Å²) in [6.07, 6.45) is 3.42. The molecular formula is C10H17NO4S. The topological polar surface area (TPSA) is 75.6 Å². The van der Waals surface area contributed by atoms with Crippen LogP contribution in [0.5, 0.6) is 0 Å². The Balaban J connectivity index is 3.97. The van der Waals surface area contributed by atoms with Gasteiger partial charge in [0.2, 0.25) is 5.91 Å². The summed E-state index contributed by atoms with van der Waals surface area (Å²) in [4.78, 5) is 22.1. The Morgan fingerprint density at radius 3 is 2.69 bits per heavy atom. The van der Waals surface area contributed by atoms with Crippen molar-refractivity contribution in [1.82, 2.24) is 5.32 Å². The highest BCUT2D eigenvalue weighted by atomic mass is 32.2. The molecule has 0 aromatic carbocycles. The molecule has 0 spiro atoms. The van der Waals surface area contributed by atoms with E-state index in [1.165, 1.54) is 25.8 Å². The summed E-state index contributed by atoms with van der Waals surface area (Å²) in [5.74, 6) is 0.408. The third-order valence-corrected chi connectivity index (χ3v) is 2.63. The Hall–Kier alpha value is -1.01. The van der Waals surface area contributed by atoms with Crippen LogP contribution in [-0.2, 0) is 14.3 Å². The number of nitrogens with one attached hydrogen (secondary N) is 1. The molecule has 0 aliphatic rings. The summed E-state index contributed by atoms with van der Waals surface area (Å²) in [7, 11) is 1.29. The monoisotopic (exact) mass is 247 g/mol. The maximum Gasteiger partial charge on any atom is 0.329 e. The minimum atomic E-state index is -0.616. The predicted molar refractivity (Wildman–Crippen MR) is 63.2 cm³/mol. The predicted octanol–water partition coefficient (Wildman–Crippen LogP) is -0.0542. The van der Waals surface area contributed by atoms with Gasteiger partial charge in [-0.25, -0.2) is 4.79 Å². The first-order chi connectivity index (χ1) is 7.61. The first kappa shape index (κ1) is 15.0. The molecular weight excluding hydrogens is 230 g/mol. The number of thioether (sulfide) groups is 1. The number of carbonyl (C=O) groups is 2. The molecule has 0 aliphatic carbocycles. The zero-order valence-electron chi connectivity index (χ0n) is 9.43. The van der Waals surface area contributed by atoms with E-state index in [0.29, 0.717) is 11.5 Å². The number of methoxy groups -OCH3 is 1. The zero-order valence-corrected chi connectivity index (χ0v) is 10.3. The fraction of sp³-hybridized carbons (Fsp3) is 0.600. The Morgan fingerprint density at radius 2 is 2.19 bits per heavy atom. The van der Waals surface area contributed by atoms with Gasteiger partial charge in [0.15, 0.2) is 0 Å². The maximum atomic E-state index is 11.3. The van der Waals surface area contributed by atoms with Crippen LogP contribution in [0.3, 0.4) is 0 Å². The van der Waals surface area contributed by atoms with Gasteiger partial charge in [0.05, 0.1) is 13.7 Å². The van der Waals surface area contributed by atoms with E-state index < -0.39 is 12.0 Å². The highest BCUT2D eigenvalue weighted by Gasteiger charge is 2.19. The fourth-order valence-electron chi connectivity index (χ4n) is 0.953. The highest BCUT2D eigenvalue weighted by molar-refractivity contribution is 7.99. The molecule has 5 nitrogen and oxygen atoms in total. The van der Waals surface area contributed by atoms with Crippen molar-refractivity contribution in [3.63, 3.8) is 0 Å². The largest absolute Gasteiger partial charge is 0.467 e. The number of esters is 1. The van der Waals surface area contributed by atoms with E-state index in [1.54, 1.807) is 12.2 Å². The quantitative estimate of drug-likeness (QED) is 0.375. The maximum absolute atomic E-state index is 11.3. The summed E-state index contributed by atoms with van der Waals surface area (Å²) < 4.78 is 4.57. The number of hydrogen-bond donors (Lipinski definition) is 2. The average molecular weight is 247 g/mol. The molecule has 92 valence electrons. The van der Waals surface area contributed by atoms with Crippen molar-refractivity contribution in [2.45, 2.75) is 13.0 Å². The van der Waals surface area contributed by atoms with Crippen LogP contribution in [0, 0.1) is 0 Å². The number of hydrogen-bond acceptors (Lipinski definition) is 5. The molecule has 1 atom stereocenters. The van der Waals surface area contributed by atoms with E-state index in [2.05, 4.69) is 10.1 Å². The van der Waals surface area contributed by atoms with Gasteiger partial charge in [0.1, 0.15) is 6.04 Å². The van der Waals surface area contributed by atoms with Crippen molar-refractivity contribution in [1.29, 1.82) is 0 Å². The second-order valence-corrected chi connectivity index (χ2v) is 4.04. The van der Waals surface area contributed by atoms with Gasteiger partial charge in [-0.3, -0.25) is 4.79 Å². The van der Waals surface area contributed by atoms with Gasteiger partial charge in [-0.1, -0.05) is 12.2 Å². The third-order valence-electron chi connectivity index (χ3n) is 1.63. The lowest BCUT2D eigenvalue weighted by Gasteiger charge is -2.14. The molecule has 16 heavy (non-hydrogen) atoms. The minimum absolute atomic E-state index is 0.00663. The number of aliphatic hydroxyl groups is 1. The SMILES string of the molecule is COC(=O)C(CSC/C=C/CO)NC(C)=O. The van der Waals surface area contributed by atoms with Gasteiger partial charge in [-0.2, -0.15) is 11.8 Å². The Bertz CT molecular complexity index is 255. The molecule has 0 saturated heterocycles. The van der Waals surface area contributed by atoms with Crippen molar-refractivity contribution in [3.8, 4) is 0 Å². The molecule has 0 rings (SSSR count). The second-order valence-electron chi connectivity index (χ2n) is 2.97. The smallest absolute Gasteiger partial charge is 0.329 e. The first-order valence-electron chi connectivity index (χ1n) is 4.80. The highest BCUT2D eigenvalue weighted by Crippen LogP contribution is 2.04. The van der Waals surface area contributed by atoms with E-state index in [-0.39, 0.29) is 12.5 Å². The summed E-state index contributed by atoms with van der Waals surface area (Å²) >= 11 is 1.47. The lowest BCUT2D eigenvalue weighted by molar-refractivity contribution is -0.144. The van der Waals surface area contributed by atoms with Crippen LogP contribution >= 0.6 is 11.8 Å². The van der Waals surface area contributed by atoms with E-state index in [0.717, 1.165) is 0 Å². The van der Waals surface area contributed by atoms with Gasteiger partial charge in [-0.05, 0) is 0 Å². The summed E-state index contributed by atoms with van der Waals surface area (Å²) in [6.45, 7) is 1.36. The van der Waals surface area contributed by atoms with Crippen molar-refractivity contribution in [3.05, 3.63) is 12.2 Å². The molecule has 1 amide bonds. The lowest BCUT2D eigenvalue weighted by Crippen LogP contribution is -2.42. The fourth-order valence-corrected chi connectivity index (χ4v) is 1.82. The summed E-state index contributed by atoms with van der Waals surface area (Å²) in [5, 5.41) is 11.0. The average Bonchev–Trinajstić information content (AvgIpc) is 2.25. The van der Waals surface area contributed by atoms with E-state index in [1.807, 2.05) is 0 Å². The van der Waals surface area contributed by atoms with Crippen molar-refractivity contribution in [2.24, 2.45) is 0 Å². The molecule has 0 saturated carbocycles. The number of ether oxygens (including phenoxy) is 1. The number of amides is 1. The van der Waals surface area contributed by atoms with Gasteiger partial charge < -0.3 is 15.2 Å². The van der Waals surface area contributed by atoms with Crippen LogP contribution in [0.4, 0.5) is 0 Å². The Kier molecular flexibility index (Phi) is 8.65. The normalized spacial score (nSPS) is 12.4. The molecule has 0 radical (unpaired) electrons. The number of aliphatic hydroxyl groups excluding tert-OH is 1. The molecule has 0 heterocycles. The first-order valence-corrected chi connectivity index (χ1v) is 5.95. The van der Waals surface area contributed by atoms with Gasteiger partial charge in [0, 0.05) is 18.4 Å². The molecule has 0 aromatic heterocycles. The molecule has 1 unspecified atom stereocenters. The molecule has 6 heteroatoms. The van der Waals surface area contributed by atoms with Crippen LogP contribution in [0.25, 0.3) is 0 Å². The number of carbonyl (C=O) groups excluding carboxylic acids is 2. The molecule has 0 aliphatic heterocycles. The standard InChI is InChI=1S/C10H17NO4S/c1-8(13)11-9(10(14)15-2)7-16-6-4-3-5-12/h3-4,9,12H,5-7H2,1-2H3,(H,11,13)/b4-3+. The Labute approximate surface area is 99.2 Å². The number of rotatable bonds is 7. The van der Waals surface area contributed by atoms with Crippen LogP contribution in [0.15, 0.2) is 12.2 Å².